The number of aromatic nitrogens is 4. The first-order valence-electron chi connectivity index (χ1n) is 6.12. The highest BCUT2D eigenvalue weighted by atomic mass is 15.3. The molecule has 0 unspecified atom stereocenters. The molecular weight excluding hydrogens is 238 g/mol. The van der Waals surface area contributed by atoms with Crippen LogP contribution in [-0.2, 0) is 0 Å². The van der Waals surface area contributed by atoms with Gasteiger partial charge in [0.2, 0.25) is 0 Å². The maximum Gasteiger partial charge on any atom is 0.148 e. The first-order valence-corrected chi connectivity index (χ1v) is 6.12. The highest BCUT2D eigenvalue weighted by molar-refractivity contribution is 5.98. The molecule has 0 fully saturated rings. The number of nitrogens with zero attached hydrogens (tertiary/aromatic N) is 4. The Bertz CT molecular complexity index is 773. The molecule has 2 heterocycles. The van der Waals surface area contributed by atoms with E-state index in [1.54, 1.807) is 0 Å². The van der Waals surface area contributed by atoms with Gasteiger partial charge in [-0.2, -0.15) is 5.10 Å². The smallest absolute Gasteiger partial charge is 0.148 e. The number of rotatable bonds is 1. The van der Waals surface area contributed by atoms with Crippen molar-refractivity contribution >= 4 is 16.5 Å². The van der Waals surface area contributed by atoms with E-state index in [-0.39, 0.29) is 0 Å². The summed E-state index contributed by atoms with van der Waals surface area (Å²) in [6.45, 7) is 5.79. The molecule has 0 atom stereocenters. The topological polar surface area (TPSA) is 69.6 Å². The number of nitrogen functional groups attached to an aromatic ring is 1. The van der Waals surface area contributed by atoms with E-state index in [9.17, 15) is 0 Å². The zero-order valence-corrected chi connectivity index (χ0v) is 11.2. The molecule has 19 heavy (non-hydrogen) atoms. The lowest BCUT2D eigenvalue weighted by Crippen LogP contribution is -2.02. The van der Waals surface area contributed by atoms with Crippen LogP contribution in [0.3, 0.4) is 0 Å². The summed E-state index contributed by atoms with van der Waals surface area (Å²) in [4.78, 5) is 8.65. The zero-order chi connectivity index (χ0) is 13.6. The van der Waals surface area contributed by atoms with Crippen LogP contribution in [0.1, 0.15) is 17.3 Å². The van der Waals surface area contributed by atoms with Crippen LogP contribution >= 0.6 is 0 Å². The van der Waals surface area contributed by atoms with Crippen molar-refractivity contribution in [3.8, 4) is 5.69 Å². The van der Waals surface area contributed by atoms with Crippen molar-refractivity contribution in [3.63, 3.8) is 0 Å². The van der Waals surface area contributed by atoms with Gasteiger partial charge in [-0.15, -0.1) is 0 Å². The number of fused-ring (bicyclic) bond motifs is 1. The first kappa shape index (κ1) is 11.6. The fourth-order valence-electron chi connectivity index (χ4n) is 2.28. The molecule has 2 N–H and O–H groups in total. The summed E-state index contributed by atoms with van der Waals surface area (Å²) in [6.07, 6.45) is 1.81. The summed E-state index contributed by atoms with van der Waals surface area (Å²) >= 11 is 0. The van der Waals surface area contributed by atoms with Crippen molar-refractivity contribution in [2.75, 3.05) is 5.73 Å². The largest absolute Gasteiger partial charge is 0.398 e. The summed E-state index contributed by atoms with van der Waals surface area (Å²) in [7, 11) is 0. The monoisotopic (exact) mass is 253 g/mol. The number of nitrogens with two attached hydrogens (primary N) is 1. The van der Waals surface area contributed by atoms with E-state index >= 15 is 0 Å². The molecule has 0 spiro atoms. The van der Waals surface area contributed by atoms with Crippen LogP contribution in [0, 0.1) is 20.8 Å². The molecule has 0 bridgehead atoms. The van der Waals surface area contributed by atoms with Crippen molar-refractivity contribution in [1.82, 2.24) is 19.7 Å². The van der Waals surface area contributed by atoms with Gasteiger partial charge in [-0.3, -0.25) is 4.98 Å². The van der Waals surface area contributed by atoms with Crippen molar-refractivity contribution < 1.29 is 0 Å². The van der Waals surface area contributed by atoms with Crippen LogP contribution in [0.5, 0.6) is 0 Å². The van der Waals surface area contributed by atoms with Crippen LogP contribution in [0.15, 0.2) is 24.4 Å². The molecular formula is C14H15N5. The zero-order valence-electron chi connectivity index (χ0n) is 11.2. The molecule has 0 aliphatic carbocycles. The van der Waals surface area contributed by atoms with Gasteiger partial charge in [-0.05, 0) is 39.0 Å². The molecule has 96 valence electrons. The summed E-state index contributed by atoms with van der Waals surface area (Å²) in [5.41, 5.74) is 8.67. The van der Waals surface area contributed by atoms with Crippen LogP contribution in [0.25, 0.3) is 16.5 Å². The number of hydrogen-bond acceptors (Lipinski definition) is 4. The first-order chi connectivity index (χ1) is 9.06. The molecule has 0 saturated heterocycles. The fourth-order valence-corrected chi connectivity index (χ4v) is 2.28. The van der Waals surface area contributed by atoms with E-state index in [1.807, 2.05) is 49.8 Å². The number of pyridine rings is 1. The minimum absolute atomic E-state index is 0.723. The highest BCUT2D eigenvalue weighted by Gasteiger charge is 2.11. The van der Waals surface area contributed by atoms with Gasteiger partial charge < -0.3 is 5.73 Å². The third kappa shape index (κ3) is 1.83. The van der Waals surface area contributed by atoms with Gasteiger partial charge in [0.05, 0.1) is 5.69 Å². The normalized spacial score (nSPS) is 11.1. The van der Waals surface area contributed by atoms with Crippen molar-refractivity contribution in [2.45, 2.75) is 20.8 Å². The Balaban J connectivity index is 2.38. The number of anilines is 1. The molecule has 0 amide bonds. The van der Waals surface area contributed by atoms with E-state index in [0.29, 0.717) is 0 Å². The average Bonchev–Trinajstić information content (AvgIpc) is 2.69. The molecule has 1 aromatic carbocycles. The molecule has 0 radical (unpaired) electrons. The predicted octanol–water partition coefficient (Wildman–Crippen LogP) is 2.32. The Kier molecular flexibility index (Phi) is 2.48. The number of benzene rings is 1. The van der Waals surface area contributed by atoms with Crippen LogP contribution in [-0.4, -0.2) is 19.7 Å². The lowest BCUT2D eigenvalue weighted by molar-refractivity contribution is 0.837. The maximum atomic E-state index is 6.01. The maximum absolute atomic E-state index is 6.01. The van der Waals surface area contributed by atoms with Crippen LogP contribution in [0.4, 0.5) is 5.69 Å². The SMILES string of the molecule is Cc1cc2c(-n3nc(C)nc3C)ccc(N)c2cn1. The second-order valence-electron chi connectivity index (χ2n) is 4.66. The predicted molar refractivity (Wildman–Crippen MR) is 75.3 cm³/mol. The standard InChI is InChI=1S/C14H15N5/c1-8-6-11-12(7-16-8)13(15)4-5-14(11)19-10(3)17-9(2)18-19/h4-7H,15H2,1-3H3. The van der Waals surface area contributed by atoms with Gasteiger partial charge in [0.1, 0.15) is 11.6 Å². The number of hydrogen-bond donors (Lipinski definition) is 1. The molecule has 0 aliphatic heterocycles. The van der Waals surface area contributed by atoms with Gasteiger partial charge in [0.15, 0.2) is 0 Å². The second-order valence-corrected chi connectivity index (χ2v) is 4.66. The third-order valence-corrected chi connectivity index (χ3v) is 3.15. The minimum Gasteiger partial charge on any atom is -0.398 e. The Labute approximate surface area is 111 Å². The lowest BCUT2D eigenvalue weighted by Gasteiger charge is -2.10. The second kappa shape index (κ2) is 4.05. The summed E-state index contributed by atoms with van der Waals surface area (Å²) < 4.78 is 1.84. The minimum atomic E-state index is 0.723. The van der Waals surface area contributed by atoms with Gasteiger partial charge in [-0.1, -0.05) is 0 Å². The molecule has 5 heteroatoms. The van der Waals surface area contributed by atoms with E-state index in [4.69, 9.17) is 5.73 Å². The Morgan fingerprint density at radius 2 is 1.89 bits per heavy atom. The molecule has 2 aromatic heterocycles. The summed E-state index contributed by atoms with van der Waals surface area (Å²) in [5, 5.41) is 6.42. The fraction of sp³-hybridized carbons (Fsp3) is 0.214. The van der Waals surface area contributed by atoms with E-state index in [1.165, 1.54) is 0 Å². The van der Waals surface area contributed by atoms with E-state index < -0.39 is 0 Å². The summed E-state index contributed by atoms with van der Waals surface area (Å²) in [6, 6.07) is 5.88. The highest BCUT2D eigenvalue weighted by Crippen LogP contribution is 2.27. The van der Waals surface area contributed by atoms with Gasteiger partial charge in [0, 0.05) is 28.4 Å². The van der Waals surface area contributed by atoms with Crippen molar-refractivity contribution in [3.05, 3.63) is 41.7 Å². The quantitative estimate of drug-likeness (QED) is 0.676. The van der Waals surface area contributed by atoms with Crippen molar-refractivity contribution in [2.24, 2.45) is 0 Å². The molecule has 0 aliphatic rings. The Morgan fingerprint density at radius 1 is 1.11 bits per heavy atom. The lowest BCUT2D eigenvalue weighted by atomic mass is 10.1. The van der Waals surface area contributed by atoms with Crippen LogP contribution in [0.2, 0.25) is 0 Å². The van der Waals surface area contributed by atoms with E-state index in [2.05, 4.69) is 15.1 Å². The number of aryl methyl sites for hydroxylation is 3. The third-order valence-electron chi connectivity index (χ3n) is 3.15. The van der Waals surface area contributed by atoms with Gasteiger partial charge in [0.25, 0.3) is 0 Å². The Hall–Kier alpha value is -2.43. The Morgan fingerprint density at radius 3 is 2.58 bits per heavy atom. The summed E-state index contributed by atoms with van der Waals surface area (Å²) in [5.74, 6) is 1.62. The molecule has 0 saturated carbocycles. The average molecular weight is 253 g/mol. The van der Waals surface area contributed by atoms with Gasteiger partial charge in [-0.25, -0.2) is 9.67 Å². The van der Waals surface area contributed by atoms with E-state index in [0.717, 1.165) is 39.5 Å². The molecule has 5 nitrogen and oxygen atoms in total. The van der Waals surface area contributed by atoms with Gasteiger partial charge >= 0.3 is 0 Å². The molecule has 3 aromatic rings. The van der Waals surface area contributed by atoms with Crippen molar-refractivity contribution in [1.29, 1.82) is 0 Å². The molecule has 3 rings (SSSR count). The van der Waals surface area contributed by atoms with Crippen LogP contribution < -0.4 is 5.73 Å².